The molecule has 3 heterocycles. The highest BCUT2D eigenvalue weighted by atomic mass is 79.9. The van der Waals surface area contributed by atoms with Gasteiger partial charge in [0.05, 0.1) is 19.1 Å². The summed E-state index contributed by atoms with van der Waals surface area (Å²) in [5, 5.41) is 0. The summed E-state index contributed by atoms with van der Waals surface area (Å²) < 4.78 is 2.73. The minimum atomic E-state index is -0.0876. The Morgan fingerprint density at radius 2 is 1.70 bits per heavy atom. The lowest BCUT2D eigenvalue weighted by molar-refractivity contribution is 0.0841. The first kappa shape index (κ1) is 19.1. The molecule has 0 bridgehead atoms. The van der Waals surface area contributed by atoms with Gasteiger partial charge in [0.1, 0.15) is 5.82 Å². The molecule has 0 fully saturated rings. The van der Waals surface area contributed by atoms with Gasteiger partial charge in [0, 0.05) is 6.54 Å². The third-order valence-electron chi connectivity index (χ3n) is 5.59. The van der Waals surface area contributed by atoms with Gasteiger partial charge in [-0.1, -0.05) is 60.7 Å². The zero-order valence-electron chi connectivity index (χ0n) is 16.7. The number of carbonyl (C=O) groups is 1. The van der Waals surface area contributed by atoms with Gasteiger partial charge in [0.15, 0.2) is 10.4 Å². The predicted molar refractivity (Wildman–Crippen MR) is 121 cm³/mol. The lowest BCUT2D eigenvalue weighted by atomic mass is 10.1. The molecule has 2 aliphatic heterocycles. The number of carbonyl (C=O) groups excluding carboxylic acids is 1. The quantitative estimate of drug-likeness (QED) is 0.575. The van der Waals surface area contributed by atoms with Crippen molar-refractivity contribution in [2.24, 2.45) is 4.99 Å². The fraction of sp³-hybridized carbons (Fsp3) is 0.261. The molecule has 3 aromatic rings. The van der Waals surface area contributed by atoms with Crippen molar-refractivity contribution in [1.82, 2.24) is 14.5 Å². The van der Waals surface area contributed by atoms with Crippen LogP contribution in [0, 0.1) is 0 Å². The normalized spacial score (nSPS) is 17.7. The minimum absolute atomic E-state index is 0.0876. The number of guanidine groups is 1. The fourth-order valence-corrected chi connectivity index (χ4v) is 4.67. The third kappa shape index (κ3) is 3.23. The Kier molecular flexibility index (Phi) is 4.90. The Labute approximate surface area is 184 Å². The van der Waals surface area contributed by atoms with Crippen molar-refractivity contribution in [2.45, 2.75) is 25.9 Å². The average molecular weight is 464 g/mol. The van der Waals surface area contributed by atoms with Crippen LogP contribution in [-0.2, 0) is 13.0 Å². The predicted octanol–water partition coefficient (Wildman–Crippen LogP) is 3.96. The second-order valence-corrected chi connectivity index (χ2v) is 8.27. The van der Waals surface area contributed by atoms with Crippen LogP contribution in [0.3, 0.4) is 0 Å². The Hall–Kier alpha value is -2.93. The van der Waals surface area contributed by atoms with Crippen LogP contribution in [0.1, 0.15) is 28.5 Å². The van der Waals surface area contributed by atoms with E-state index in [2.05, 4.69) is 66.8 Å². The smallest absolute Gasteiger partial charge is 0.283 e. The molecule has 1 aromatic heterocycles. The van der Waals surface area contributed by atoms with Crippen LogP contribution in [-0.4, -0.2) is 45.4 Å². The summed E-state index contributed by atoms with van der Waals surface area (Å²) in [5.74, 6) is 1.47. The lowest BCUT2D eigenvalue weighted by Crippen LogP contribution is -2.50. The molecule has 0 saturated heterocycles. The number of halogens is 1. The van der Waals surface area contributed by atoms with E-state index in [-0.39, 0.29) is 11.9 Å². The Balaban J connectivity index is 1.53. The summed E-state index contributed by atoms with van der Waals surface area (Å²) in [6.45, 7) is 3.91. The number of imidazole rings is 1. The van der Waals surface area contributed by atoms with Crippen molar-refractivity contribution in [1.29, 1.82) is 0 Å². The van der Waals surface area contributed by atoms with Crippen LogP contribution in [0.15, 0.2) is 70.4 Å². The van der Waals surface area contributed by atoms with Crippen molar-refractivity contribution < 1.29 is 4.79 Å². The number of aromatic nitrogens is 2. The van der Waals surface area contributed by atoms with Crippen LogP contribution in [0.4, 0.5) is 5.82 Å². The summed E-state index contributed by atoms with van der Waals surface area (Å²) in [6.07, 6.45) is 0.843. The van der Waals surface area contributed by atoms with E-state index in [9.17, 15) is 4.79 Å². The molecule has 6 nitrogen and oxygen atoms in total. The molecule has 30 heavy (non-hydrogen) atoms. The first-order chi connectivity index (χ1) is 14.7. The van der Waals surface area contributed by atoms with Gasteiger partial charge in [-0.05, 0) is 40.4 Å². The Morgan fingerprint density at radius 1 is 1.03 bits per heavy atom. The first-order valence-electron chi connectivity index (χ1n) is 10.2. The number of hydrogen-bond acceptors (Lipinski definition) is 4. The van der Waals surface area contributed by atoms with Crippen molar-refractivity contribution in [3.63, 3.8) is 0 Å². The van der Waals surface area contributed by atoms with Crippen LogP contribution < -0.4 is 4.90 Å². The van der Waals surface area contributed by atoms with Gasteiger partial charge < -0.3 is 0 Å². The molecule has 152 valence electrons. The van der Waals surface area contributed by atoms with Gasteiger partial charge >= 0.3 is 0 Å². The molecule has 0 spiro atoms. The molecular weight excluding hydrogens is 442 g/mol. The maximum absolute atomic E-state index is 13.2. The molecule has 1 atom stereocenters. The largest absolute Gasteiger partial charge is 0.300 e. The maximum atomic E-state index is 13.2. The Morgan fingerprint density at radius 3 is 2.37 bits per heavy atom. The maximum Gasteiger partial charge on any atom is 0.283 e. The van der Waals surface area contributed by atoms with Gasteiger partial charge in [0.2, 0.25) is 5.96 Å². The topological polar surface area (TPSA) is 53.7 Å². The van der Waals surface area contributed by atoms with E-state index >= 15 is 0 Å². The van der Waals surface area contributed by atoms with E-state index in [0.717, 1.165) is 30.3 Å². The second-order valence-electron chi connectivity index (χ2n) is 7.56. The number of aliphatic imine (C=N–C) groups is 1. The molecule has 0 aliphatic carbocycles. The third-order valence-corrected chi connectivity index (χ3v) is 6.19. The van der Waals surface area contributed by atoms with Crippen molar-refractivity contribution >= 4 is 33.6 Å². The van der Waals surface area contributed by atoms with Crippen LogP contribution in [0.25, 0.3) is 0 Å². The number of anilines is 1. The fourth-order valence-electron chi connectivity index (χ4n) is 4.20. The number of fused-ring (bicyclic) bond motifs is 3. The molecule has 0 unspecified atom stereocenters. The molecule has 2 aromatic carbocycles. The van der Waals surface area contributed by atoms with E-state index < -0.39 is 0 Å². The molecule has 2 aliphatic rings. The van der Waals surface area contributed by atoms with Crippen LogP contribution in [0.5, 0.6) is 0 Å². The number of amides is 1. The van der Waals surface area contributed by atoms with E-state index in [1.54, 1.807) is 4.90 Å². The summed E-state index contributed by atoms with van der Waals surface area (Å²) in [5.41, 5.74) is 2.89. The van der Waals surface area contributed by atoms with Crippen LogP contribution >= 0.6 is 15.9 Å². The summed E-state index contributed by atoms with van der Waals surface area (Å²) in [6, 6.07) is 20.7. The van der Waals surface area contributed by atoms with E-state index in [1.165, 1.54) is 5.56 Å². The van der Waals surface area contributed by atoms with Crippen molar-refractivity contribution in [3.05, 3.63) is 82.2 Å². The number of nitrogens with zero attached hydrogens (tertiary/aromatic N) is 5. The zero-order valence-corrected chi connectivity index (χ0v) is 18.3. The molecular formula is C23H22BrN5O. The number of benzene rings is 2. The summed E-state index contributed by atoms with van der Waals surface area (Å²) in [4.78, 5) is 26.6. The highest BCUT2D eigenvalue weighted by Gasteiger charge is 2.43. The van der Waals surface area contributed by atoms with Gasteiger partial charge in [-0.15, -0.1) is 0 Å². The van der Waals surface area contributed by atoms with Gasteiger partial charge in [-0.25, -0.2) is 9.98 Å². The Bertz CT molecular complexity index is 1110. The molecule has 0 saturated carbocycles. The molecule has 0 N–H and O–H groups in total. The van der Waals surface area contributed by atoms with Gasteiger partial charge in [-0.3, -0.25) is 19.2 Å². The standard InChI is InChI=1S/C23H22BrN5O/c1-2-27-21(30)19-20(28(22(24)26-19)14-17-11-7-4-8-12-17)29-15-18(25-23(27)29)13-16-9-5-3-6-10-16/h3-12,18H,2,13-15H2,1H3/t18-/m1/s1. The second kappa shape index (κ2) is 7.72. The van der Waals surface area contributed by atoms with E-state index in [4.69, 9.17) is 4.99 Å². The van der Waals surface area contributed by atoms with Gasteiger partial charge in [-0.2, -0.15) is 0 Å². The number of rotatable bonds is 5. The van der Waals surface area contributed by atoms with Gasteiger partial charge in [0.25, 0.3) is 5.91 Å². The van der Waals surface area contributed by atoms with E-state index in [1.807, 2.05) is 31.2 Å². The lowest BCUT2D eigenvalue weighted by Gasteiger charge is -2.33. The zero-order chi connectivity index (χ0) is 20.7. The first-order valence-corrected chi connectivity index (χ1v) is 11.0. The molecule has 1 amide bonds. The van der Waals surface area contributed by atoms with Crippen molar-refractivity contribution in [2.75, 3.05) is 18.0 Å². The molecule has 5 rings (SSSR count). The highest BCUT2D eigenvalue weighted by molar-refractivity contribution is 9.10. The minimum Gasteiger partial charge on any atom is -0.300 e. The molecule has 7 heteroatoms. The van der Waals surface area contributed by atoms with E-state index in [0.29, 0.717) is 23.5 Å². The number of hydrogen-bond donors (Lipinski definition) is 0. The summed E-state index contributed by atoms with van der Waals surface area (Å²) >= 11 is 3.58. The SMILES string of the molecule is CCN1C(=O)c2nc(Br)n(Cc3ccccc3)c2N2C[C@@H](Cc3ccccc3)N=C12. The monoisotopic (exact) mass is 463 g/mol. The summed E-state index contributed by atoms with van der Waals surface area (Å²) in [7, 11) is 0. The van der Waals surface area contributed by atoms with Crippen LogP contribution in [0.2, 0.25) is 0 Å². The highest BCUT2D eigenvalue weighted by Crippen LogP contribution is 2.35. The average Bonchev–Trinajstić information content (AvgIpc) is 3.31. The molecule has 0 radical (unpaired) electrons. The van der Waals surface area contributed by atoms with Crippen molar-refractivity contribution in [3.8, 4) is 0 Å².